The van der Waals surface area contributed by atoms with Crippen LogP contribution < -0.4 is 16.0 Å². The largest absolute Gasteiger partial charge is 0.444 e. The summed E-state index contributed by atoms with van der Waals surface area (Å²) >= 11 is 1.62. The molecule has 0 saturated carbocycles. The Morgan fingerprint density at radius 1 is 0.915 bits per heavy atom. The van der Waals surface area contributed by atoms with Crippen molar-refractivity contribution in [2.45, 2.75) is 110 Å². The van der Waals surface area contributed by atoms with E-state index < -0.39 is 47.7 Å². The number of aryl methyl sites for hydroxylation is 3. The van der Waals surface area contributed by atoms with Gasteiger partial charge in [0.05, 0.1) is 18.5 Å². The summed E-state index contributed by atoms with van der Waals surface area (Å²) in [6, 6.07) is 10.8. The number of amides is 3. The summed E-state index contributed by atoms with van der Waals surface area (Å²) in [6.07, 6.45) is 2.25. The monoisotopic (exact) mass is 665 g/mol. The van der Waals surface area contributed by atoms with E-state index in [9.17, 15) is 19.5 Å². The van der Waals surface area contributed by atoms with Gasteiger partial charge in [0, 0.05) is 30.5 Å². The molecule has 1 aromatic heterocycles. The van der Waals surface area contributed by atoms with Crippen molar-refractivity contribution in [1.29, 1.82) is 0 Å². The number of imidazole rings is 1. The highest BCUT2D eigenvalue weighted by atomic mass is 32.2. The van der Waals surface area contributed by atoms with Crippen molar-refractivity contribution in [2.24, 2.45) is 0 Å². The molecule has 47 heavy (non-hydrogen) atoms. The van der Waals surface area contributed by atoms with Crippen LogP contribution in [0.4, 0.5) is 4.79 Å². The Morgan fingerprint density at radius 3 is 2.11 bits per heavy atom. The van der Waals surface area contributed by atoms with Crippen LogP contribution in [0.1, 0.15) is 68.1 Å². The Hall–Kier alpha value is -3.83. The molecule has 0 radical (unpaired) electrons. The number of carbonyl (C=O) groups is 3. The maximum Gasteiger partial charge on any atom is 0.408 e. The summed E-state index contributed by atoms with van der Waals surface area (Å²) in [4.78, 5) is 47.8. The summed E-state index contributed by atoms with van der Waals surface area (Å²) in [5.41, 5.74) is 5.09. The molecule has 1 heterocycles. The highest BCUT2D eigenvalue weighted by Crippen LogP contribution is 2.21. The van der Waals surface area contributed by atoms with E-state index in [1.54, 1.807) is 38.7 Å². The smallest absolute Gasteiger partial charge is 0.408 e. The van der Waals surface area contributed by atoms with E-state index in [4.69, 9.17) is 4.74 Å². The van der Waals surface area contributed by atoms with Crippen LogP contribution in [0.15, 0.2) is 55.0 Å². The highest BCUT2D eigenvalue weighted by molar-refractivity contribution is 7.99. The summed E-state index contributed by atoms with van der Waals surface area (Å²) in [6.45, 7) is 15.5. The second-order valence-electron chi connectivity index (χ2n) is 13.4. The van der Waals surface area contributed by atoms with E-state index in [1.165, 1.54) is 6.33 Å². The standard InChI is InChI=1S/C36H51N5O5S/c1-22(2)47-20-32(42)29(18-28-24(4)14-23(3)15-25(28)5)39-34(44)31(17-27-19-37-21-38-27)40-33(43)30(16-26-12-10-9-11-13-26)41-35(45)46-36(6,7)8/h9-15,19,21-22,29-32,42H,16-18,20H2,1-8H3,(H,37,38)(H,39,44)(H,40,43)(H,41,45)/t29-,30-,31-,32-/m0/s1. The van der Waals surface area contributed by atoms with Gasteiger partial charge >= 0.3 is 6.09 Å². The van der Waals surface area contributed by atoms with Gasteiger partial charge in [0.25, 0.3) is 0 Å². The number of aromatic nitrogens is 2. The van der Waals surface area contributed by atoms with Crippen molar-refractivity contribution in [3.63, 3.8) is 0 Å². The van der Waals surface area contributed by atoms with Crippen molar-refractivity contribution in [1.82, 2.24) is 25.9 Å². The molecule has 5 N–H and O–H groups in total. The third-order valence-corrected chi connectivity index (χ3v) is 8.76. The number of hydrogen-bond donors (Lipinski definition) is 5. The van der Waals surface area contributed by atoms with E-state index in [0.717, 1.165) is 27.8 Å². The first kappa shape index (κ1) is 37.6. The molecule has 0 aliphatic rings. The van der Waals surface area contributed by atoms with E-state index in [1.807, 2.05) is 51.1 Å². The predicted octanol–water partition coefficient (Wildman–Crippen LogP) is 4.73. The molecule has 10 nitrogen and oxygen atoms in total. The molecule has 256 valence electrons. The van der Waals surface area contributed by atoms with Crippen LogP contribution in [0, 0.1) is 20.8 Å². The summed E-state index contributed by atoms with van der Waals surface area (Å²) < 4.78 is 5.44. The number of nitrogens with one attached hydrogen (secondary N) is 4. The Kier molecular flexibility index (Phi) is 13.9. The zero-order chi connectivity index (χ0) is 34.7. The number of nitrogens with zero attached hydrogens (tertiary/aromatic N) is 1. The lowest BCUT2D eigenvalue weighted by Crippen LogP contribution is -2.58. The van der Waals surface area contributed by atoms with Gasteiger partial charge in [-0.25, -0.2) is 9.78 Å². The second kappa shape index (κ2) is 17.4. The van der Waals surface area contributed by atoms with E-state index >= 15 is 0 Å². The minimum atomic E-state index is -1.03. The van der Waals surface area contributed by atoms with Crippen LogP contribution >= 0.6 is 11.8 Å². The van der Waals surface area contributed by atoms with E-state index in [-0.39, 0.29) is 12.8 Å². The number of aliphatic hydroxyl groups is 1. The predicted molar refractivity (Wildman–Crippen MR) is 187 cm³/mol. The molecule has 0 bridgehead atoms. The molecular weight excluding hydrogens is 614 g/mol. The van der Waals surface area contributed by atoms with Gasteiger partial charge in [0.2, 0.25) is 11.8 Å². The first-order valence-corrected chi connectivity index (χ1v) is 17.1. The van der Waals surface area contributed by atoms with Crippen LogP contribution in [0.25, 0.3) is 0 Å². The number of rotatable bonds is 15. The van der Waals surface area contributed by atoms with Crippen molar-refractivity contribution < 1.29 is 24.2 Å². The fourth-order valence-corrected chi connectivity index (χ4v) is 6.15. The van der Waals surface area contributed by atoms with Gasteiger partial charge in [0.15, 0.2) is 0 Å². The first-order chi connectivity index (χ1) is 22.1. The topological polar surface area (TPSA) is 145 Å². The zero-order valence-electron chi connectivity index (χ0n) is 28.8. The van der Waals surface area contributed by atoms with Gasteiger partial charge in [-0.3, -0.25) is 9.59 Å². The molecule has 3 aromatic rings. The minimum Gasteiger partial charge on any atom is -0.444 e. The second-order valence-corrected chi connectivity index (χ2v) is 15.0. The van der Waals surface area contributed by atoms with Gasteiger partial charge in [-0.05, 0) is 75.5 Å². The number of aliphatic hydroxyl groups excluding tert-OH is 1. The number of thioether (sulfide) groups is 1. The molecule has 0 spiro atoms. The van der Waals surface area contributed by atoms with E-state index in [2.05, 4.69) is 51.9 Å². The van der Waals surface area contributed by atoms with Crippen LogP contribution in [-0.4, -0.2) is 73.8 Å². The molecule has 11 heteroatoms. The number of hydrogen-bond acceptors (Lipinski definition) is 7. The average Bonchev–Trinajstić information content (AvgIpc) is 3.49. The third-order valence-electron chi connectivity index (χ3n) is 7.56. The molecule has 0 aliphatic heterocycles. The van der Waals surface area contributed by atoms with Crippen molar-refractivity contribution in [3.8, 4) is 0 Å². The molecule has 2 aromatic carbocycles. The van der Waals surface area contributed by atoms with Crippen LogP contribution in [-0.2, 0) is 33.6 Å². The maximum atomic E-state index is 14.1. The number of benzene rings is 2. The molecule has 0 fully saturated rings. The number of alkyl carbamates (subject to hydrolysis) is 1. The Balaban J connectivity index is 1.89. The van der Waals surface area contributed by atoms with Gasteiger partial charge in [-0.15, -0.1) is 0 Å². The van der Waals surface area contributed by atoms with Gasteiger partial charge in [-0.1, -0.05) is 61.9 Å². The molecule has 3 amide bonds. The fourth-order valence-electron chi connectivity index (χ4n) is 5.33. The molecular formula is C36H51N5O5S. The molecule has 0 unspecified atom stereocenters. The summed E-state index contributed by atoms with van der Waals surface area (Å²) in [5.74, 6) is -0.565. The Bertz CT molecular complexity index is 1430. The quantitative estimate of drug-likeness (QED) is 0.158. The lowest BCUT2D eigenvalue weighted by molar-refractivity contribution is -0.130. The fraction of sp³-hybridized carbons (Fsp3) is 0.500. The summed E-state index contributed by atoms with van der Waals surface area (Å²) in [7, 11) is 0. The SMILES string of the molecule is Cc1cc(C)c(C[C@H](NC(=O)[C@H](Cc2cnc[nH]2)NC(=O)[C@H](Cc2ccccc2)NC(=O)OC(C)(C)C)[C@@H](O)CSC(C)C)c(C)c1. The normalized spacial score (nSPS) is 14.2. The Morgan fingerprint density at radius 2 is 1.53 bits per heavy atom. The number of H-pyrrole nitrogens is 1. The van der Waals surface area contributed by atoms with Gasteiger partial charge in [0.1, 0.15) is 17.7 Å². The third kappa shape index (κ3) is 12.7. The summed E-state index contributed by atoms with van der Waals surface area (Å²) in [5, 5.41) is 20.3. The van der Waals surface area contributed by atoms with Crippen molar-refractivity contribution in [2.75, 3.05) is 5.75 Å². The number of ether oxygens (including phenoxy) is 1. The average molecular weight is 666 g/mol. The van der Waals surface area contributed by atoms with Crippen molar-refractivity contribution >= 4 is 29.7 Å². The molecule has 4 atom stereocenters. The van der Waals surface area contributed by atoms with Crippen LogP contribution in [0.5, 0.6) is 0 Å². The molecule has 3 rings (SSSR count). The molecule has 0 saturated heterocycles. The highest BCUT2D eigenvalue weighted by Gasteiger charge is 2.32. The van der Waals surface area contributed by atoms with Crippen molar-refractivity contribution in [3.05, 3.63) is 88.5 Å². The van der Waals surface area contributed by atoms with Crippen LogP contribution in [0.3, 0.4) is 0 Å². The lowest BCUT2D eigenvalue weighted by Gasteiger charge is -2.29. The number of carbonyl (C=O) groups excluding carboxylic acids is 3. The van der Waals surface area contributed by atoms with E-state index in [0.29, 0.717) is 23.1 Å². The van der Waals surface area contributed by atoms with Gasteiger partial charge < -0.3 is 30.8 Å². The van der Waals surface area contributed by atoms with Crippen LogP contribution in [0.2, 0.25) is 0 Å². The minimum absolute atomic E-state index is 0.119. The first-order valence-electron chi connectivity index (χ1n) is 16.1. The number of aromatic amines is 1. The zero-order valence-corrected chi connectivity index (χ0v) is 29.7. The molecule has 0 aliphatic carbocycles. The van der Waals surface area contributed by atoms with Gasteiger partial charge in [-0.2, -0.15) is 11.8 Å². The Labute approximate surface area is 283 Å². The lowest BCUT2D eigenvalue weighted by atomic mass is 9.92. The maximum absolute atomic E-state index is 14.1.